The zero-order valence-corrected chi connectivity index (χ0v) is 15.8. The highest BCUT2D eigenvalue weighted by Crippen LogP contribution is 2.13. The highest BCUT2D eigenvalue weighted by molar-refractivity contribution is 5.79. The SMILES string of the molecule is CCCCCNC(=NC)NCCCc1cn(-c2ccccc2)nc1C. The van der Waals surface area contributed by atoms with Crippen LogP contribution in [0.15, 0.2) is 41.5 Å². The second kappa shape index (κ2) is 10.5. The van der Waals surface area contributed by atoms with Crippen LogP contribution in [-0.2, 0) is 6.42 Å². The Labute approximate surface area is 151 Å². The lowest BCUT2D eigenvalue weighted by molar-refractivity contribution is 0.676. The van der Waals surface area contributed by atoms with Gasteiger partial charge in [0.05, 0.1) is 11.4 Å². The van der Waals surface area contributed by atoms with Crippen LogP contribution in [0.4, 0.5) is 0 Å². The number of nitrogens with zero attached hydrogens (tertiary/aromatic N) is 3. The second-order valence-electron chi connectivity index (χ2n) is 6.26. The standard InChI is InChI=1S/C20H31N5/c1-4-5-9-14-22-20(21-3)23-15-10-11-18-16-25(24-17(18)2)19-12-7-6-8-13-19/h6-8,12-13,16H,4-5,9-11,14-15H2,1-3H3,(H2,21,22,23). The number of hydrogen-bond donors (Lipinski definition) is 2. The molecule has 0 amide bonds. The fourth-order valence-corrected chi connectivity index (χ4v) is 2.74. The summed E-state index contributed by atoms with van der Waals surface area (Å²) in [6.07, 6.45) is 7.89. The largest absolute Gasteiger partial charge is 0.356 e. The van der Waals surface area contributed by atoms with Crippen molar-refractivity contribution in [3.05, 3.63) is 47.8 Å². The van der Waals surface area contributed by atoms with E-state index in [1.807, 2.05) is 29.9 Å². The Morgan fingerprint density at radius 1 is 1.08 bits per heavy atom. The molecule has 0 radical (unpaired) electrons. The number of aryl methyl sites for hydroxylation is 2. The molecule has 2 aromatic rings. The van der Waals surface area contributed by atoms with Gasteiger partial charge in [-0.05, 0) is 43.9 Å². The molecule has 1 heterocycles. The summed E-state index contributed by atoms with van der Waals surface area (Å²) in [7, 11) is 1.82. The van der Waals surface area contributed by atoms with E-state index in [1.165, 1.54) is 24.8 Å². The van der Waals surface area contributed by atoms with Gasteiger partial charge in [-0.25, -0.2) is 4.68 Å². The lowest BCUT2D eigenvalue weighted by atomic mass is 10.1. The van der Waals surface area contributed by atoms with Gasteiger partial charge < -0.3 is 10.6 Å². The molecule has 5 heteroatoms. The first-order valence-corrected chi connectivity index (χ1v) is 9.29. The van der Waals surface area contributed by atoms with Crippen molar-refractivity contribution in [3.8, 4) is 5.69 Å². The molecule has 1 aromatic heterocycles. The molecule has 0 aliphatic rings. The van der Waals surface area contributed by atoms with E-state index in [-0.39, 0.29) is 0 Å². The topological polar surface area (TPSA) is 54.2 Å². The third-order valence-electron chi connectivity index (χ3n) is 4.23. The summed E-state index contributed by atoms with van der Waals surface area (Å²) in [5.41, 5.74) is 3.51. The minimum Gasteiger partial charge on any atom is -0.356 e. The van der Waals surface area contributed by atoms with Crippen LogP contribution >= 0.6 is 0 Å². The summed E-state index contributed by atoms with van der Waals surface area (Å²) >= 11 is 0. The van der Waals surface area contributed by atoms with E-state index >= 15 is 0 Å². The zero-order valence-electron chi connectivity index (χ0n) is 15.8. The number of nitrogens with one attached hydrogen (secondary N) is 2. The molecule has 25 heavy (non-hydrogen) atoms. The Morgan fingerprint density at radius 2 is 1.80 bits per heavy atom. The average molecular weight is 342 g/mol. The molecule has 136 valence electrons. The predicted octanol–water partition coefficient (Wildman–Crippen LogP) is 3.47. The molecular weight excluding hydrogens is 310 g/mol. The maximum absolute atomic E-state index is 4.63. The van der Waals surface area contributed by atoms with Crippen molar-refractivity contribution in [1.82, 2.24) is 20.4 Å². The van der Waals surface area contributed by atoms with Crippen molar-refractivity contribution in [2.45, 2.75) is 46.0 Å². The normalized spacial score (nSPS) is 11.6. The molecule has 0 saturated heterocycles. The fraction of sp³-hybridized carbons (Fsp3) is 0.500. The first-order chi connectivity index (χ1) is 12.2. The first-order valence-electron chi connectivity index (χ1n) is 9.29. The van der Waals surface area contributed by atoms with Crippen LogP contribution in [0.1, 0.15) is 43.9 Å². The molecule has 0 aliphatic heterocycles. The van der Waals surface area contributed by atoms with Crippen LogP contribution in [0.2, 0.25) is 0 Å². The van der Waals surface area contributed by atoms with Crippen molar-refractivity contribution in [2.75, 3.05) is 20.1 Å². The van der Waals surface area contributed by atoms with Crippen LogP contribution in [-0.4, -0.2) is 35.9 Å². The van der Waals surface area contributed by atoms with Crippen LogP contribution in [0.25, 0.3) is 5.69 Å². The van der Waals surface area contributed by atoms with Gasteiger partial charge in [0.1, 0.15) is 0 Å². The summed E-state index contributed by atoms with van der Waals surface area (Å²) < 4.78 is 1.96. The Balaban J connectivity index is 1.75. The summed E-state index contributed by atoms with van der Waals surface area (Å²) in [6, 6.07) is 10.2. The van der Waals surface area contributed by atoms with Crippen molar-refractivity contribution < 1.29 is 0 Å². The summed E-state index contributed by atoms with van der Waals surface area (Å²) in [5, 5.41) is 11.4. The molecular formula is C20H31N5. The van der Waals surface area contributed by atoms with E-state index in [2.05, 4.69) is 52.9 Å². The average Bonchev–Trinajstić information content (AvgIpc) is 3.02. The summed E-state index contributed by atoms with van der Waals surface area (Å²) in [5.74, 6) is 0.896. The van der Waals surface area contributed by atoms with Crippen molar-refractivity contribution in [2.24, 2.45) is 4.99 Å². The fourth-order valence-electron chi connectivity index (χ4n) is 2.74. The van der Waals surface area contributed by atoms with E-state index in [9.17, 15) is 0 Å². The molecule has 5 nitrogen and oxygen atoms in total. The number of aromatic nitrogens is 2. The smallest absolute Gasteiger partial charge is 0.190 e. The molecule has 0 atom stereocenters. The van der Waals surface area contributed by atoms with Gasteiger partial charge in [-0.2, -0.15) is 5.10 Å². The zero-order chi connectivity index (χ0) is 17.9. The predicted molar refractivity (Wildman–Crippen MR) is 106 cm³/mol. The molecule has 0 unspecified atom stereocenters. The van der Waals surface area contributed by atoms with Gasteiger partial charge in [-0.3, -0.25) is 4.99 Å². The lowest BCUT2D eigenvalue weighted by Gasteiger charge is -2.11. The highest BCUT2D eigenvalue weighted by atomic mass is 15.3. The van der Waals surface area contributed by atoms with Crippen molar-refractivity contribution in [3.63, 3.8) is 0 Å². The highest BCUT2D eigenvalue weighted by Gasteiger charge is 2.06. The Kier molecular flexibility index (Phi) is 8.02. The molecule has 0 aliphatic carbocycles. The van der Waals surface area contributed by atoms with Crippen LogP contribution in [0.3, 0.4) is 0 Å². The second-order valence-corrected chi connectivity index (χ2v) is 6.26. The van der Waals surface area contributed by atoms with E-state index in [0.29, 0.717) is 0 Å². The molecule has 2 rings (SSSR count). The van der Waals surface area contributed by atoms with Gasteiger partial charge in [0.25, 0.3) is 0 Å². The van der Waals surface area contributed by atoms with E-state index in [4.69, 9.17) is 0 Å². The maximum Gasteiger partial charge on any atom is 0.190 e. The van der Waals surface area contributed by atoms with Crippen molar-refractivity contribution >= 4 is 5.96 Å². The van der Waals surface area contributed by atoms with Crippen LogP contribution in [0, 0.1) is 6.92 Å². The number of unbranched alkanes of at least 4 members (excludes halogenated alkanes) is 2. The number of guanidine groups is 1. The molecule has 0 bridgehead atoms. The van der Waals surface area contributed by atoms with E-state index in [1.54, 1.807) is 0 Å². The molecule has 0 saturated carbocycles. The maximum atomic E-state index is 4.63. The van der Waals surface area contributed by atoms with Crippen LogP contribution < -0.4 is 10.6 Å². The van der Waals surface area contributed by atoms with Gasteiger partial charge in [0.2, 0.25) is 0 Å². The Morgan fingerprint density at radius 3 is 2.48 bits per heavy atom. The van der Waals surface area contributed by atoms with Gasteiger partial charge in [-0.15, -0.1) is 0 Å². The van der Waals surface area contributed by atoms with Gasteiger partial charge in [0, 0.05) is 26.3 Å². The van der Waals surface area contributed by atoms with E-state index in [0.717, 1.165) is 43.3 Å². The number of hydrogen-bond acceptors (Lipinski definition) is 2. The number of rotatable bonds is 9. The lowest BCUT2D eigenvalue weighted by Crippen LogP contribution is -2.38. The Bertz CT molecular complexity index is 645. The summed E-state index contributed by atoms with van der Waals surface area (Å²) in [6.45, 7) is 6.19. The molecule has 1 aromatic carbocycles. The third kappa shape index (κ3) is 6.25. The number of benzene rings is 1. The van der Waals surface area contributed by atoms with Crippen molar-refractivity contribution in [1.29, 1.82) is 0 Å². The van der Waals surface area contributed by atoms with Crippen LogP contribution in [0.5, 0.6) is 0 Å². The van der Waals surface area contributed by atoms with E-state index < -0.39 is 0 Å². The molecule has 0 spiro atoms. The van der Waals surface area contributed by atoms with Gasteiger partial charge in [-0.1, -0.05) is 38.0 Å². The minimum absolute atomic E-state index is 0.896. The number of para-hydroxylation sites is 1. The van der Waals surface area contributed by atoms with Gasteiger partial charge in [0.15, 0.2) is 5.96 Å². The molecule has 0 fully saturated rings. The first kappa shape index (κ1) is 19.0. The minimum atomic E-state index is 0.896. The molecule has 2 N–H and O–H groups in total. The number of aliphatic imine (C=N–C) groups is 1. The van der Waals surface area contributed by atoms with Gasteiger partial charge >= 0.3 is 0 Å². The quantitative estimate of drug-likeness (QED) is 0.417. The monoisotopic (exact) mass is 341 g/mol. The summed E-state index contributed by atoms with van der Waals surface area (Å²) in [4.78, 5) is 4.27. The Hall–Kier alpha value is -2.30. The third-order valence-corrected chi connectivity index (χ3v) is 4.23.